The largest absolute Gasteiger partial charge is 0.496 e. The van der Waals surface area contributed by atoms with Crippen molar-refractivity contribution in [2.24, 2.45) is 0 Å². The van der Waals surface area contributed by atoms with Gasteiger partial charge in [-0.15, -0.1) is 0 Å². The first-order valence-corrected chi connectivity index (χ1v) is 7.03. The first kappa shape index (κ1) is 14.3. The second-order valence-corrected chi connectivity index (χ2v) is 5.60. The van der Waals surface area contributed by atoms with Crippen LogP contribution in [0.25, 0.3) is 0 Å². The third kappa shape index (κ3) is 3.09. The van der Waals surface area contributed by atoms with Gasteiger partial charge in [-0.05, 0) is 47.7 Å². The van der Waals surface area contributed by atoms with Gasteiger partial charge in [-0.3, -0.25) is 9.36 Å². The summed E-state index contributed by atoms with van der Waals surface area (Å²) in [6.07, 6.45) is 1.57. The first-order chi connectivity index (χ1) is 9.02. The lowest BCUT2D eigenvalue weighted by Crippen LogP contribution is -2.26. The van der Waals surface area contributed by atoms with E-state index in [0.717, 1.165) is 5.56 Å². The van der Waals surface area contributed by atoms with Crippen LogP contribution >= 0.6 is 34.2 Å². The molecule has 2 rings (SSSR count). The van der Waals surface area contributed by atoms with E-state index in [9.17, 15) is 4.79 Å². The molecule has 0 atom stereocenters. The minimum atomic E-state index is -0.0601. The maximum atomic E-state index is 12.1. The number of hydrogen-bond acceptors (Lipinski definition) is 3. The zero-order valence-corrected chi connectivity index (χ0v) is 13.4. The maximum absolute atomic E-state index is 12.1. The Balaban J connectivity index is 2.50. The van der Waals surface area contributed by atoms with Crippen molar-refractivity contribution in [1.29, 1.82) is 0 Å². The minimum absolute atomic E-state index is 0.0601. The number of aryl methyl sites for hydroxylation is 1. The van der Waals surface area contributed by atoms with E-state index in [2.05, 4.69) is 4.98 Å². The van der Waals surface area contributed by atoms with Crippen LogP contribution in [0.2, 0.25) is 5.02 Å². The molecule has 6 heteroatoms. The number of ether oxygens (including phenoxy) is 1. The Labute approximate surface area is 129 Å². The molecule has 1 heterocycles. The molecule has 0 fully saturated rings. The number of hydrogen-bond donors (Lipinski definition) is 0. The fourth-order valence-corrected chi connectivity index (χ4v) is 2.40. The van der Waals surface area contributed by atoms with E-state index in [0.29, 0.717) is 26.7 Å². The van der Waals surface area contributed by atoms with Gasteiger partial charge in [0.2, 0.25) is 0 Å². The normalized spacial score (nSPS) is 10.5. The Hall–Kier alpha value is -1.08. The molecule has 0 N–H and O–H groups in total. The molecule has 0 saturated heterocycles. The molecule has 0 aliphatic rings. The molecular weight excluding hydrogens is 379 g/mol. The number of methoxy groups -OCH3 is 1. The highest BCUT2D eigenvalue weighted by Gasteiger charge is 2.10. The van der Waals surface area contributed by atoms with Gasteiger partial charge in [0.1, 0.15) is 11.6 Å². The lowest BCUT2D eigenvalue weighted by atomic mass is 10.2. The zero-order valence-electron chi connectivity index (χ0n) is 10.5. The molecule has 0 spiro atoms. The number of rotatable bonds is 3. The number of halogens is 2. The SMILES string of the molecule is COc1ccc(Cl)cc1Cn1c(C)ncc(I)c1=O. The second-order valence-electron chi connectivity index (χ2n) is 4.00. The van der Waals surface area contributed by atoms with Gasteiger partial charge < -0.3 is 4.74 Å². The van der Waals surface area contributed by atoms with E-state index in [-0.39, 0.29) is 5.56 Å². The van der Waals surface area contributed by atoms with Crippen molar-refractivity contribution in [3.8, 4) is 5.75 Å². The molecule has 1 aromatic carbocycles. The molecule has 2 aromatic rings. The van der Waals surface area contributed by atoms with E-state index in [4.69, 9.17) is 16.3 Å². The van der Waals surface area contributed by atoms with Crippen molar-refractivity contribution in [3.63, 3.8) is 0 Å². The number of aromatic nitrogens is 2. The average molecular weight is 391 g/mol. The van der Waals surface area contributed by atoms with Crippen LogP contribution in [0.4, 0.5) is 0 Å². The Morgan fingerprint density at radius 2 is 2.21 bits per heavy atom. The minimum Gasteiger partial charge on any atom is -0.496 e. The number of nitrogens with zero attached hydrogens (tertiary/aromatic N) is 2. The molecule has 0 bridgehead atoms. The summed E-state index contributed by atoms with van der Waals surface area (Å²) in [6, 6.07) is 5.35. The predicted octanol–water partition coefficient (Wildman–Crippen LogP) is 2.87. The standard InChI is InChI=1S/C13H12ClIN2O2/c1-8-16-6-11(15)13(18)17(8)7-9-5-10(14)3-4-12(9)19-2/h3-6H,7H2,1-2H3. The molecule has 0 unspecified atom stereocenters. The Morgan fingerprint density at radius 3 is 2.89 bits per heavy atom. The Bertz CT molecular complexity index is 670. The van der Waals surface area contributed by atoms with Crippen molar-refractivity contribution in [3.05, 3.63) is 54.7 Å². The number of benzene rings is 1. The average Bonchev–Trinajstić information content (AvgIpc) is 2.39. The Morgan fingerprint density at radius 1 is 1.47 bits per heavy atom. The summed E-state index contributed by atoms with van der Waals surface area (Å²) in [6.45, 7) is 2.19. The molecule has 1 aromatic heterocycles. The summed E-state index contributed by atoms with van der Waals surface area (Å²) in [5.74, 6) is 1.36. The van der Waals surface area contributed by atoms with E-state index in [1.54, 1.807) is 43.0 Å². The summed E-state index contributed by atoms with van der Waals surface area (Å²) >= 11 is 7.97. The van der Waals surface area contributed by atoms with Gasteiger partial charge in [0.15, 0.2) is 0 Å². The maximum Gasteiger partial charge on any atom is 0.267 e. The van der Waals surface area contributed by atoms with Gasteiger partial charge in [0.05, 0.1) is 17.2 Å². The van der Waals surface area contributed by atoms with Crippen LogP contribution < -0.4 is 10.3 Å². The highest BCUT2D eigenvalue weighted by molar-refractivity contribution is 14.1. The second kappa shape index (κ2) is 5.92. The molecule has 0 saturated carbocycles. The highest BCUT2D eigenvalue weighted by Crippen LogP contribution is 2.23. The van der Waals surface area contributed by atoms with Crippen LogP contribution in [-0.4, -0.2) is 16.7 Å². The van der Waals surface area contributed by atoms with Crippen molar-refractivity contribution < 1.29 is 4.74 Å². The van der Waals surface area contributed by atoms with Crippen molar-refractivity contribution in [2.45, 2.75) is 13.5 Å². The van der Waals surface area contributed by atoms with E-state index in [1.165, 1.54) is 0 Å². The fourth-order valence-electron chi connectivity index (χ4n) is 1.78. The highest BCUT2D eigenvalue weighted by atomic mass is 127. The molecular formula is C13H12ClIN2O2. The summed E-state index contributed by atoms with van der Waals surface area (Å²) < 4.78 is 7.48. The summed E-state index contributed by atoms with van der Waals surface area (Å²) in [5, 5.41) is 0.611. The zero-order chi connectivity index (χ0) is 14.0. The quantitative estimate of drug-likeness (QED) is 0.757. The van der Waals surface area contributed by atoms with E-state index < -0.39 is 0 Å². The smallest absolute Gasteiger partial charge is 0.267 e. The lowest BCUT2D eigenvalue weighted by molar-refractivity contribution is 0.407. The van der Waals surface area contributed by atoms with Crippen LogP contribution in [0, 0.1) is 10.5 Å². The summed E-state index contributed by atoms with van der Waals surface area (Å²) in [4.78, 5) is 16.3. The molecule has 0 radical (unpaired) electrons. The molecule has 19 heavy (non-hydrogen) atoms. The van der Waals surface area contributed by atoms with Crippen LogP contribution in [-0.2, 0) is 6.54 Å². The third-order valence-electron chi connectivity index (χ3n) is 2.78. The third-order valence-corrected chi connectivity index (χ3v) is 3.75. The molecule has 100 valence electrons. The molecule has 0 aliphatic heterocycles. The van der Waals surface area contributed by atoms with Gasteiger partial charge in [0.25, 0.3) is 5.56 Å². The monoisotopic (exact) mass is 390 g/mol. The van der Waals surface area contributed by atoms with Crippen molar-refractivity contribution in [2.75, 3.05) is 7.11 Å². The Kier molecular flexibility index (Phi) is 4.46. The molecule has 0 amide bonds. The van der Waals surface area contributed by atoms with Gasteiger partial charge in [0, 0.05) is 16.8 Å². The summed E-state index contributed by atoms with van der Waals surface area (Å²) in [7, 11) is 1.59. The van der Waals surface area contributed by atoms with E-state index in [1.807, 2.05) is 22.6 Å². The van der Waals surface area contributed by atoms with E-state index >= 15 is 0 Å². The molecule has 4 nitrogen and oxygen atoms in total. The first-order valence-electron chi connectivity index (χ1n) is 5.57. The predicted molar refractivity (Wildman–Crippen MR) is 83.1 cm³/mol. The van der Waals surface area contributed by atoms with Crippen LogP contribution in [0.3, 0.4) is 0 Å². The lowest BCUT2D eigenvalue weighted by Gasteiger charge is -2.13. The van der Waals surface area contributed by atoms with Crippen LogP contribution in [0.15, 0.2) is 29.2 Å². The fraction of sp³-hybridized carbons (Fsp3) is 0.231. The summed E-state index contributed by atoms with van der Waals surface area (Å²) in [5.41, 5.74) is 0.791. The van der Waals surface area contributed by atoms with Gasteiger partial charge in [-0.2, -0.15) is 0 Å². The van der Waals surface area contributed by atoms with Gasteiger partial charge >= 0.3 is 0 Å². The van der Waals surface area contributed by atoms with Gasteiger partial charge in [-0.25, -0.2) is 4.98 Å². The van der Waals surface area contributed by atoms with Crippen molar-refractivity contribution >= 4 is 34.2 Å². The van der Waals surface area contributed by atoms with Gasteiger partial charge in [-0.1, -0.05) is 11.6 Å². The van der Waals surface area contributed by atoms with Crippen LogP contribution in [0.5, 0.6) is 5.75 Å². The topological polar surface area (TPSA) is 44.1 Å². The molecule has 0 aliphatic carbocycles. The van der Waals surface area contributed by atoms with Crippen molar-refractivity contribution in [1.82, 2.24) is 9.55 Å². The van der Waals surface area contributed by atoms with Crippen LogP contribution in [0.1, 0.15) is 11.4 Å².